The summed E-state index contributed by atoms with van der Waals surface area (Å²) < 4.78 is 23.9. The molecule has 0 saturated carbocycles. The minimum Gasteiger partial charge on any atom is -0.489 e. The van der Waals surface area contributed by atoms with Crippen molar-refractivity contribution >= 4 is 27.8 Å². The van der Waals surface area contributed by atoms with Crippen LogP contribution in [0.5, 0.6) is 17.2 Å². The standard InChI is InChI=1S/C27H23BrO5/c1-16(2)18-5-3-17(4-6-18)9-25-26(29)23-8-7-22(12-24(23)33-25)31-14-20-11-21(28)10-19-13-30-15-32-27(19)20/h3-12,16H,13-15H2,1-2H3/b25-9-. The predicted molar refractivity (Wildman–Crippen MR) is 129 cm³/mol. The highest BCUT2D eigenvalue weighted by Gasteiger charge is 2.28. The van der Waals surface area contributed by atoms with Gasteiger partial charge in [-0.3, -0.25) is 4.79 Å². The molecule has 5 rings (SSSR count). The Hall–Kier alpha value is -3.09. The Kier molecular flexibility index (Phi) is 5.96. The molecule has 0 fully saturated rings. The van der Waals surface area contributed by atoms with Crippen LogP contribution in [0.15, 0.2) is 64.8 Å². The zero-order valence-electron chi connectivity index (χ0n) is 18.4. The molecule has 2 aliphatic rings. The number of rotatable bonds is 5. The zero-order chi connectivity index (χ0) is 22.9. The van der Waals surface area contributed by atoms with Crippen LogP contribution in [0.25, 0.3) is 6.08 Å². The van der Waals surface area contributed by atoms with E-state index in [0.29, 0.717) is 42.0 Å². The first-order chi connectivity index (χ1) is 16.0. The SMILES string of the molecule is CC(C)c1ccc(/C=C2\Oc3cc(OCc4cc(Br)cc5c4OCOC5)ccc3C2=O)cc1. The normalized spacial score (nSPS) is 15.8. The summed E-state index contributed by atoms with van der Waals surface area (Å²) in [5, 5.41) is 0. The number of hydrogen-bond acceptors (Lipinski definition) is 5. The largest absolute Gasteiger partial charge is 0.489 e. The molecule has 0 radical (unpaired) electrons. The zero-order valence-corrected chi connectivity index (χ0v) is 20.0. The van der Waals surface area contributed by atoms with Crippen molar-refractivity contribution in [2.75, 3.05) is 6.79 Å². The second-order valence-corrected chi connectivity index (χ2v) is 9.29. The molecule has 3 aromatic carbocycles. The topological polar surface area (TPSA) is 54.0 Å². The molecule has 0 aromatic heterocycles. The highest BCUT2D eigenvalue weighted by Crippen LogP contribution is 2.36. The van der Waals surface area contributed by atoms with Gasteiger partial charge in [-0.2, -0.15) is 0 Å². The third-order valence-corrected chi connectivity index (χ3v) is 6.15. The van der Waals surface area contributed by atoms with Gasteiger partial charge in [0, 0.05) is 21.7 Å². The first-order valence-corrected chi connectivity index (χ1v) is 11.6. The van der Waals surface area contributed by atoms with E-state index >= 15 is 0 Å². The third-order valence-electron chi connectivity index (χ3n) is 5.69. The number of Topliss-reactive ketones (excluding diaryl/α,β-unsaturated/α-hetero) is 1. The lowest BCUT2D eigenvalue weighted by atomic mass is 10.0. The summed E-state index contributed by atoms with van der Waals surface area (Å²) in [6.07, 6.45) is 1.78. The van der Waals surface area contributed by atoms with E-state index in [1.165, 1.54) is 5.56 Å². The highest BCUT2D eigenvalue weighted by atomic mass is 79.9. The first-order valence-electron chi connectivity index (χ1n) is 10.8. The number of ketones is 1. The summed E-state index contributed by atoms with van der Waals surface area (Å²) in [7, 11) is 0. The molecule has 33 heavy (non-hydrogen) atoms. The van der Waals surface area contributed by atoms with Gasteiger partial charge in [-0.25, -0.2) is 0 Å². The lowest BCUT2D eigenvalue weighted by Crippen LogP contribution is -2.14. The number of halogens is 1. The van der Waals surface area contributed by atoms with Gasteiger partial charge in [0.2, 0.25) is 5.78 Å². The molecule has 0 spiro atoms. The molecular weight excluding hydrogens is 484 g/mol. The molecule has 168 valence electrons. The van der Waals surface area contributed by atoms with E-state index in [9.17, 15) is 4.79 Å². The highest BCUT2D eigenvalue weighted by molar-refractivity contribution is 9.10. The van der Waals surface area contributed by atoms with Crippen molar-refractivity contribution < 1.29 is 23.7 Å². The summed E-state index contributed by atoms with van der Waals surface area (Å²) in [5.41, 5.74) is 4.62. The van der Waals surface area contributed by atoms with E-state index in [1.807, 2.05) is 24.3 Å². The predicted octanol–water partition coefficient (Wildman–Crippen LogP) is 6.63. The fraction of sp³-hybridized carbons (Fsp3) is 0.222. The second-order valence-electron chi connectivity index (χ2n) is 8.37. The molecular formula is C27H23BrO5. The van der Waals surface area contributed by atoms with E-state index < -0.39 is 0 Å². The van der Waals surface area contributed by atoms with Crippen LogP contribution in [0.4, 0.5) is 0 Å². The van der Waals surface area contributed by atoms with Gasteiger partial charge >= 0.3 is 0 Å². The summed E-state index contributed by atoms with van der Waals surface area (Å²) >= 11 is 3.53. The first kappa shape index (κ1) is 21.7. The molecule has 0 unspecified atom stereocenters. The number of allylic oxidation sites excluding steroid dienone is 1. The van der Waals surface area contributed by atoms with Gasteiger partial charge in [0.15, 0.2) is 12.6 Å². The quantitative estimate of drug-likeness (QED) is 0.363. The van der Waals surface area contributed by atoms with Crippen molar-refractivity contribution in [1.29, 1.82) is 0 Å². The van der Waals surface area contributed by atoms with Crippen molar-refractivity contribution in [2.45, 2.75) is 33.0 Å². The molecule has 0 saturated heterocycles. The van der Waals surface area contributed by atoms with Gasteiger partial charge < -0.3 is 18.9 Å². The number of fused-ring (bicyclic) bond motifs is 2. The number of benzene rings is 3. The Morgan fingerprint density at radius 1 is 1.09 bits per heavy atom. The van der Waals surface area contributed by atoms with Crippen molar-refractivity contribution in [3.8, 4) is 17.2 Å². The van der Waals surface area contributed by atoms with Crippen molar-refractivity contribution in [1.82, 2.24) is 0 Å². The summed E-state index contributed by atoms with van der Waals surface area (Å²) in [6.45, 7) is 5.36. The monoisotopic (exact) mass is 506 g/mol. The van der Waals surface area contributed by atoms with Crippen LogP contribution in [0.3, 0.4) is 0 Å². The number of ether oxygens (including phenoxy) is 4. The van der Waals surface area contributed by atoms with Crippen molar-refractivity contribution in [3.05, 3.63) is 92.6 Å². The average Bonchev–Trinajstić information content (AvgIpc) is 3.12. The van der Waals surface area contributed by atoms with Gasteiger partial charge in [0.05, 0.1) is 12.2 Å². The number of hydrogen-bond donors (Lipinski definition) is 0. The molecule has 0 aliphatic carbocycles. The molecule has 5 nitrogen and oxygen atoms in total. The summed E-state index contributed by atoms with van der Waals surface area (Å²) in [5.74, 6) is 2.56. The summed E-state index contributed by atoms with van der Waals surface area (Å²) in [6, 6.07) is 17.4. The second kappa shape index (κ2) is 9.04. The minimum absolute atomic E-state index is 0.126. The molecule has 6 heteroatoms. The Bertz CT molecular complexity index is 1240. The molecule has 0 bridgehead atoms. The molecule has 0 N–H and O–H groups in total. The Morgan fingerprint density at radius 3 is 2.70 bits per heavy atom. The van der Waals surface area contributed by atoms with Gasteiger partial charge in [0.25, 0.3) is 0 Å². The van der Waals surface area contributed by atoms with Gasteiger partial charge in [-0.1, -0.05) is 54.0 Å². The smallest absolute Gasteiger partial charge is 0.231 e. The van der Waals surface area contributed by atoms with E-state index in [2.05, 4.69) is 41.9 Å². The van der Waals surface area contributed by atoms with Crippen LogP contribution in [-0.4, -0.2) is 12.6 Å². The maximum atomic E-state index is 12.8. The average molecular weight is 507 g/mol. The van der Waals surface area contributed by atoms with Crippen molar-refractivity contribution in [3.63, 3.8) is 0 Å². The number of carbonyl (C=O) groups excluding carboxylic acids is 1. The molecule has 0 atom stereocenters. The van der Waals surface area contributed by atoms with E-state index in [4.69, 9.17) is 18.9 Å². The molecule has 2 aliphatic heterocycles. The number of carbonyl (C=O) groups is 1. The Morgan fingerprint density at radius 2 is 1.91 bits per heavy atom. The Balaban J connectivity index is 1.32. The van der Waals surface area contributed by atoms with Crippen molar-refractivity contribution in [2.24, 2.45) is 0 Å². The Labute approximate surface area is 201 Å². The minimum atomic E-state index is -0.126. The molecule has 0 amide bonds. The van der Waals surface area contributed by atoms with E-state index in [-0.39, 0.29) is 12.6 Å². The fourth-order valence-corrected chi connectivity index (χ4v) is 4.46. The third kappa shape index (κ3) is 4.54. The lowest BCUT2D eigenvalue weighted by molar-refractivity contribution is -0.0176. The van der Waals surface area contributed by atoms with E-state index in [0.717, 1.165) is 26.9 Å². The van der Waals surface area contributed by atoms with Gasteiger partial charge in [-0.15, -0.1) is 0 Å². The van der Waals surface area contributed by atoms with Crippen LogP contribution in [0.2, 0.25) is 0 Å². The van der Waals surface area contributed by atoms with Gasteiger partial charge in [-0.05, 0) is 47.4 Å². The van der Waals surface area contributed by atoms with Crippen LogP contribution < -0.4 is 14.2 Å². The summed E-state index contributed by atoms with van der Waals surface area (Å²) in [4.78, 5) is 12.8. The van der Waals surface area contributed by atoms with Gasteiger partial charge in [0.1, 0.15) is 23.9 Å². The van der Waals surface area contributed by atoms with Crippen LogP contribution >= 0.6 is 15.9 Å². The lowest BCUT2D eigenvalue weighted by Gasteiger charge is -2.21. The fourth-order valence-electron chi connectivity index (χ4n) is 3.91. The maximum absolute atomic E-state index is 12.8. The molecule has 3 aromatic rings. The van der Waals surface area contributed by atoms with E-state index in [1.54, 1.807) is 24.3 Å². The maximum Gasteiger partial charge on any atom is 0.231 e. The molecule has 2 heterocycles. The van der Waals surface area contributed by atoms with Crippen LogP contribution in [0.1, 0.15) is 52.4 Å². The van der Waals surface area contributed by atoms with Crippen LogP contribution in [-0.2, 0) is 18.0 Å². The van der Waals surface area contributed by atoms with Crippen LogP contribution in [0, 0.1) is 0 Å².